The van der Waals surface area contributed by atoms with E-state index in [0.29, 0.717) is 28.9 Å². The van der Waals surface area contributed by atoms with E-state index in [4.69, 9.17) is 16.3 Å². The van der Waals surface area contributed by atoms with Gasteiger partial charge in [-0.15, -0.1) is 0 Å². The molecule has 0 atom stereocenters. The minimum Gasteiger partial charge on any atom is -0.493 e. The fraction of sp³-hybridized carbons (Fsp3) is 0.176. The Balaban J connectivity index is 1.81. The summed E-state index contributed by atoms with van der Waals surface area (Å²) in [6.45, 7) is -0.189. The molecule has 25 heavy (non-hydrogen) atoms. The van der Waals surface area contributed by atoms with Gasteiger partial charge in [0, 0.05) is 17.4 Å². The van der Waals surface area contributed by atoms with Crippen LogP contribution in [0, 0.1) is 5.82 Å². The second kappa shape index (κ2) is 7.48. The van der Waals surface area contributed by atoms with Crippen molar-refractivity contribution < 1.29 is 18.3 Å². The lowest BCUT2D eigenvalue weighted by Crippen LogP contribution is -2.12. The maximum Gasteiger partial charge on any atom is 0.256 e. The summed E-state index contributed by atoms with van der Waals surface area (Å²) >= 11 is 5.70. The van der Waals surface area contributed by atoms with Crippen molar-refractivity contribution in [3.8, 4) is 5.75 Å². The minimum atomic E-state index is -0.599. The van der Waals surface area contributed by atoms with Gasteiger partial charge in [-0.05, 0) is 36.4 Å². The van der Waals surface area contributed by atoms with Crippen molar-refractivity contribution in [1.29, 1.82) is 0 Å². The Hall–Kier alpha value is -2.67. The zero-order chi connectivity index (χ0) is 17.8. The maximum atomic E-state index is 13.2. The molecular weight excluding hydrogens is 352 g/mol. The lowest BCUT2D eigenvalue weighted by molar-refractivity contribution is 0.102. The Morgan fingerprint density at radius 1 is 1.28 bits per heavy atom. The summed E-state index contributed by atoms with van der Waals surface area (Å²) in [4.78, 5) is 12.3. The number of alkyl halides is 1. The molecule has 1 aromatic heterocycles. The molecule has 8 heteroatoms. The van der Waals surface area contributed by atoms with E-state index in [-0.39, 0.29) is 17.2 Å². The number of amides is 1. The van der Waals surface area contributed by atoms with Gasteiger partial charge in [-0.2, -0.15) is 5.10 Å². The molecule has 0 aliphatic heterocycles. The van der Waals surface area contributed by atoms with Crippen LogP contribution in [0.3, 0.4) is 0 Å². The number of aromatic nitrogens is 2. The number of halogens is 3. The van der Waals surface area contributed by atoms with Gasteiger partial charge in [-0.1, -0.05) is 11.6 Å². The Morgan fingerprint density at radius 3 is 2.88 bits per heavy atom. The molecule has 2 N–H and O–H groups in total. The van der Waals surface area contributed by atoms with Crippen LogP contribution in [0.15, 0.2) is 36.4 Å². The average molecular weight is 366 g/mol. The summed E-state index contributed by atoms with van der Waals surface area (Å²) in [6.07, 6.45) is 0.304. The van der Waals surface area contributed by atoms with Crippen molar-refractivity contribution in [3.63, 3.8) is 0 Å². The zero-order valence-corrected chi connectivity index (χ0v) is 13.7. The summed E-state index contributed by atoms with van der Waals surface area (Å²) in [5.74, 6) is -0.225. The molecule has 0 fully saturated rings. The number of hydrogen-bond donors (Lipinski definition) is 2. The number of nitrogens with one attached hydrogen (secondary N) is 2. The van der Waals surface area contributed by atoms with Gasteiger partial charge in [-0.25, -0.2) is 4.39 Å². The van der Waals surface area contributed by atoms with Gasteiger partial charge in [0.25, 0.3) is 5.91 Å². The van der Waals surface area contributed by atoms with Crippen LogP contribution in [0.5, 0.6) is 5.75 Å². The number of carbonyl (C=O) groups is 1. The summed E-state index contributed by atoms with van der Waals surface area (Å²) < 4.78 is 30.8. The van der Waals surface area contributed by atoms with E-state index < -0.39 is 18.4 Å². The Labute approximate surface area is 146 Å². The molecule has 1 amide bonds. The Bertz CT molecular complexity index is 914. The number of aromatic amines is 1. The monoisotopic (exact) mass is 365 g/mol. The molecule has 5 nitrogen and oxygen atoms in total. The molecule has 0 saturated carbocycles. The van der Waals surface area contributed by atoms with E-state index in [2.05, 4.69) is 15.5 Å². The van der Waals surface area contributed by atoms with Gasteiger partial charge in [0.1, 0.15) is 11.6 Å². The maximum absolute atomic E-state index is 13.2. The number of carbonyl (C=O) groups excluding carboxylic acids is 1. The summed E-state index contributed by atoms with van der Waals surface area (Å²) in [5.41, 5.74) is 0.906. The molecule has 0 unspecified atom stereocenters. The van der Waals surface area contributed by atoms with Gasteiger partial charge in [0.15, 0.2) is 5.82 Å². The number of H-pyrrole nitrogens is 1. The largest absolute Gasteiger partial charge is 0.493 e. The highest BCUT2D eigenvalue weighted by molar-refractivity contribution is 6.31. The number of fused-ring (bicyclic) bond motifs is 1. The van der Waals surface area contributed by atoms with Crippen LogP contribution >= 0.6 is 11.6 Å². The number of ether oxygens (including phenoxy) is 1. The highest BCUT2D eigenvalue weighted by atomic mass is 35.5. The predicted molar refractivity (Wildman–Crippen MR) is 91.5 cm³/mol. The topological polar surface area (TPSA) is 67.0 Å². The first-order valence-corrected chi connectivity index (χ1v) is 7.89. The minimum absolute atomic E-state index is 0.136. The van der Waals surface area contributed by atoms with Crippen LogP contribution < -0.4 is 10.1 Å². The van der Waals surface area contributed by atoms with E-state index in [1.54, 1.807) is 18.2 Å². The summed E-state index contributed by atoms with van der Waals surface area (Å²) in [5, 5.41) is 10.00. The van der Waals surface area contributed by atoms with Crippen molar-refractivity contribution in [2.24, 2.45) is 0 Å². The number of rotatable bonds is 6. The molecule has 0 radical (unpaired) electrons. The van der Waals surface area contributed by atoms with Crippen LogP contribution in [0.2, 0.25) is 5.02 Å². The molecule has 0 saturated heterocycles. The molecule has 2 aromatic carbocycles. The smallest absolute Gasteiger partial charge is 0.256 e. The number of hydrogen-bond acceptors (Lipinski definition) is 3. The molecule has 1 heterocycles. The number of nitrogens with zero attached hydrogens (tertiary/aromatic N) is 1. The van der Waals surface area contributed by atoms with E-state index >= 15 is 0 Å². The molecule has 130 valence electrons. The van der Waals surface area contributed by atoms with Crippen molar-refractivity contribution in [1.82, 2.24) is 10.2 Å². The SMILES string of the molecule is O=C(Nc1n[nH]c2ccc(OCCCF)cc12)c1ccc(F)c(Cl)c1. The molecule has 0 aliphatic rings. The lowest BCUT2D eigenvalue weighted by Gasteiger charge is -2.06. The first kappa shape index (κ1) is 17.2. The van der Waals surface area contributed by atoms with Crippen LogP contribution in [0.1, 0.15) is 16.8 Å². The third kappa shape index (κ3) is 3.88. The second-order valence-electron chi connectivity index (χ2n) is 5.25. The van der Waals surface area contributed by atoms with Gasteiger partial charge in [-0.3, -0.25) is 14.3 Å². The van der Waals surface area contributed by atoms with Crippen molar-refractivity contribution in [2.45, 2.75) is 6.42 Å². The Morgan fingerprint density at radius 2 is 2.12 bits per heavy atom. The average Bonchev–Trinajstić information content (AvgIpc) is 3.00. The van der Waals surface area contributed by atoms with E-state index in [9.17, 15) is 13.6 Å². The quantitative estimate of drug-likeness (QED) is 0.638. The van der Waals surface area contributed by atoms with Crippen molar-refractivity contribution >= 4 is 34.2 Å². The normalized spacial score (nSPS) is 10.8. The molecule has 0 bridgehead atoms. The number of benzene rings is 2. The van der Waals surface area contributed by atoms with Gasteiger partial charge >= 0.3 is 0 Å². The van der Waals surface area contributed by atoms with Crippen molar-refractivity contribution in [2.75, 3.05) is 18.6 Å². The third-order valence-corrected chi connectivity index (χ3v) is 3.78. The van der Waals surface area contributed by atoms with Crippen LogP contribution in [0.25, 0.3) is 10.9 Å². The first-order chi connectivity index (χ1) is 12.1. The fourth-order valence-electron chi connectivity index (χ4n) is 2.24. The van der Waals surface area contributed by atoms with Crippen LogP contribution in [-0.2, 0) is 0 Å². The molecule has 3 aromatic rings. The van der Waals surface area contributed by atoms with Gasteiger partial charge in [0.05, 0.1) is 23.8 Å². The predicted octanol–water partition coefficient (Wildman–Crippen LogP) is 4.35. The highest BCUT2D eigenvalue weighted by Crippen LogP contribution is 2.26. The third-order valence-electron chi connectivity index (χ3n) is 3.49. The van der Waals surface area contributed by atoms with Crippen LogP contribution in [-0.4, -0.2) is 29.4 Å². The first-order valence-electron chi connectivity index (χ1n) is 7.52. The van der Waals surface area contributed by atoms with Gasteiger partial charge < -0.3 is 10.1 Å². The molecule has 0 aliphatic carbocycles. The van der Waals surface area contributed by atoms with E-state index in [1.165, 1.54) is 12.1 Å². The summed E-state index contributed by atoms with van der Waals surface area (Å²) in [7, 11) is 0. The molecular formula is C17H14ClF2N3O2. The molecule has 0 spiro atoms. The van der Waals surface area contributed by atoms with E-state index in [0.717, 1.165) is 6.07 Å². The molecule has 3 rings (SSSR count). The zero-order valence-electron chi connectivity index (χ0n) is 13.0. The fourth-order valence-corrected chi connectivity index (χ4v) is 2.42. The van der Waals surface area contributed by atoms with Crippen molar-refractivity contribution in [3.05, 3.63) is 52.8 Å². The lowest BCUT2D eigenvalue weighted by atomic mass is 10.2. The van der Waals surface area contributed by atoms with Gasteiger partial charge in [0.2, 0.25) is 0 Å². The second-order valence-corrected chi connectivity index (χ2v) is 5.66. The Kier molecular flexibility index (Phi) is 5.14. The number of anilines is 1. The summed E-state index contributed by atoms with van der Waals surface area (Å²) in [6, 6.07) is 8.87. The standard InChI is InChI=1S/C17H14ClF2N3O2/c18-13-8-10(2-4-14(13)20)17(24)21-16-12-9-11(25-7-1-6-19)3-5-15(12)22-23-16/h2-5,8-9H,1,6-7H2,(H2,21,22,23,24). The van der Waals surface area contributed by atoms with E-state index in [1.807, 2.05) is 0 Å². The highest BCUT2D eigenvalue weighted by Gasteiger charge is 2.13. The van der Waals surface area contributed by atoms with Crippen LogP contribution in [0.4, 0.5) is 14.6 Å².